The molecule has 28 heavy (non-hydrogen) atoms. The molecule has 1 aromatic heterocycles. The Balaban J connectivity index is 1.75. The van der Waals surface area contributed by atoms with Gasteiger partial charge in [-0.1, -0.05) is 44.2 Å². The highest BCUT2D eigenvalue weighted by molar-refractivity contribution is 5.97. The number of hydrogen-bond acceptors (Lipinski definition) is 4. The molecule has 5 heteroatoms. The maximum absolute atomic E-state index is 12.3. The molecule has 1 aromatic carbocycles. The largest absolute Gasteiger partial charge is 0.475 e. The second-order valence-corrected chi connectivity index (χ2v) is 7.67. The second kappa shape index (κ2) is 10.6. The fraction of sp³-hybridized carbons (Fsp3) is 0.435. The molecule has 150 valence electrons. The topological polar surface area (TPSA) is 68.3 Å². The van der Waals surface area contributed by atoms with E-state index in [1.165, 1.54) is 5.56 Å². The van der Waals surface area contributed by atoms with E-state index in [0.29, 0.717) is 23.9 Å². The van der Waals surface area contributed by atoms with Gasteiger partial charge in [-0.3, -0.25) is 9.59 Å². The first kappa shape index (κ1) is 21.6. The lowest BCUT2D eigenvalue weighted by Crippen LogP contribution is -2.23. The van der Waals surface area contributed by atoms with Crippen molar-refractivity contribution in [3.05, 3.63) is 59.3 Å². The van der Waals surface area contributed by atoms with E-state index in [9.17, 15) is 9.59 Å². The number of amides is 1. The summed E-state index contributed by atoms with van der Waals surface area (Å²) < 4.78 is 5.49. The number of nitrogens with zero attached hydrogens (tertiary/aromatic N) is 1. The van der Waals surface area contributed by atoms with E-state index in [0.717, 1.165) is 12.0 Å². The molecule has 0 aliphatic rings. The number of pyridine rings is 1. The van der Waals surface area contributed by atoms with Crippen molar-refractivity contribution in [2.75, 3.05) is 0 Å². The smallest absolute Gasteiger partial charge is 0.220 e. The Morgan fingerprint density at radius 1 is 0.964 bits per heavy atom. The van der Waals surface area contributed by atoms with E-state index >= 15 is 0 Å². The molecule has 5 nitrogen and oxygen atoms in total. The Labute approximate surface area is 167 Å². The maximum Gasteiger partial charge on any atom is 0.220 e. The van der Waals surface area contributed by atoms with E-state index < -0.39 is 0 Å². The van der Waals surface area contributed by atoms with E-state index in [4.69, 9.17) is 4.74 Å². The minimum Gasteiger partial charge on any atom is -0.475 e. The Morgan fingerprint density at radius 3 is 2.21 bits per heavy atom. The molecule has 2 rings (SSSR count). The zero-order valence-electron chi connectivity index (χ0n) is 17.2. The number of Topliss-reactive ketones (excluding diaryl/α,β-unsaturated/α-hetero) is 1. The molecule has 0 saturated carbocycles. The normalized spacial score (nSPS) is 10.9. The lowest BCUT2D eigenvalue weighted by atomic mass is 9.99. The molecule has 1 N–H and O–H groups in total. The fourth-order valence-corrected chi connectivity index (χ4v) is 2.79. The van der Waals surface area contributed by atoms with Crippen LogP contribution in [0.15, 0.2) is 42.6 Å². The predicted molar refractivity (Wildman–Crippen MR) is 110 cm³/mol. The number of ether oxygens (including phenoxy) is 1. The van der Waals surface area contributed by atoms with Gasteiger partial charge < -0.3 is 10.1 Å². The van der Waals surface area contributed by atoms with Crippen molar-refractivity contribution in [2.24, 2.45) is 5.92 Å². The van der Waals surface area contributed by atoms with Gasteiger partial charge in [0.25, 0.3) is 0 Å². The van der Waals surface area contributed by atoms with Crippen LogP contribution in [0.3, 0.4) is 0 Å². The lowest BCUT2D eigenvalue weighted by Gasteiger charge is -2.09. The van der Waals surface area contributed by atoms with Crippen LogP contribution in [-0.4, -0.2) is 22.8 Å². The van der Waals surface area contributed by atoms with Crippen LogP contribution in [0.1, 0.15) is 62.0 Å². The maximum atomic E-state index is 12.3. The standard InChI is InChI=1S/C23H30N2O3/c1-16(2)13-18-5-8-20(9-6-18)21(26)10-11-22(27)24-14-19-7-12-23(25-15-19)28-17(3)4/h5-9,12,15-17H,10-11,13-14H2,1-4H3,(H,24,27). The van der Waals surface area contributed by atoms with Crippen LogP contribution in [0.5, 0.6) is 5.88 Å². The van der Waals surface area contributed by atoms with Crippen LogP contribution in [0.4, 0.5) is 0 Å². The molecule has 0 radical (unpaired) electrons. The highest BCUT2D eigenvalue weighted by Gasteiger charge is 2.10. The van der Waals surface area contributed by atoms with Gasteiger partial charge in [-0.2, -0.15) is 0 Å². The van der Waals surface area contributed by atoms with Crippen LogP contribution in [0, 0.1) is 5.92 Å². The summed E-state index contributed by atoms with van der Waals surface area (Å²) in [5.41, 5.74) is 2.77. The minimum absolute atomic E-state index is 0.0110. The van der Waals surface area contributed by atoms with Crippen LogP contribution >= 0.6 is 0 Å². The van der Waals surface area contributed by atoms with Gasteiger partial charge in [0.2, 0.25) is 11.8 Å². The number of benzene rings is 1. The van der Waals surface area contributed by atoms with Gasteiger partial charge in [-0.25, -0.2) is 4.98 Å². The molecule has 1 amide bonds. The molecular weight excluding hydrogens is 352 g/mol. The van der Waals surface area contributed by atoms with E-state index in [-0.39, 0.29) is 30.6 Å². The second-order valence-electron chi connectivity index (χ2n) is 7.67. The van der Waals surface area contributed by atoms with Gasteiger partial charge in [0.05, 0.1) is 6.10 Å². The zero-order valence-corrected chi connectivity index (χ0v) is 17.2. The van der Waals surface area contributed by atoms with Crippen molar-refractivity contribution in [2.45, 2.75) is 59.6 Å². The zero-order chi connectivity index (χ0) is 20.5. The Hall–Kier alpha value is -2.69. The molecule has 0 aliphatic carbocycles. The SMILES string of the molecule is CC(C)Cc1ccc(C(=O)CCC(=O)NCc2ccc(OC(C)C)nc2)cc1. The van der Waals surface area contributed by atoms with Crippen molar-refractivity contribution in [1.82, 2.24) is 10.3 Å². The van der Waals surface area contributed by atoms with Crippen molar-refractivity contribution in [3.63, 3.8) is 0 Å². The summed E-state index contributed by atoms with van der Waals surface area (Å²) in [7, 11) is 0. The minimum atomic E-state index is -0.146. The van der Waals surface area contributed by atoms with E-state index in [2.05, 4.69) is 24.1 Å². The fourth-order valence-electron chi connectivity index (χ4n) is 2.79. The predicted octanol–water partition coefficient (Wildman–Crippen LogP) is 4.35. The van der Waals surface area contributed by atoms with Crippen LogP contribution in [0.25, 0.3) is 0 Å². The monoisotopic (exact) mass is 382 g/mol. The van der Waals surface area contributed by atoms with Crippen molar-refractivity contribution in [1.29, 1.82) is 0 Å². The molecule has 0 fully saturated rings. The number of aromatic nitrogens is 1. The summed E-state index contributed by atoms with van der Waals surface area (Å²) >= 11 is 0. The number of ketones is 1. The summed E-state index contributed by atoms with van der Waals surface area (Å²) in [5.74, 6) is 0.991. The Morgan fingerprint density at radius 2 is 1.64 bits per heavy atom. The molecule has 0 saturated heterocycles. The first-order valence-electron chi connectivity index (χ1n) is 9.84. The van der Waals surface area contributed by atoms with Gasteiger partial charge in [-0.05, 0) is 37.3 Å². The highest BCUT2D eigenvalue weighted by atomic mass is 16.5. The molecule has 1 heterocycles. The number of carbonyl (C=O) groups excluding carboxylic acids is 2. The summed E-state index contributed by atoms with van der Waals surface area (Å²) in [6.45, 7) is 8.60. The van der Waals surface area contributed by atoms with Gasteiger partial charge in [0, 0.05) is 37.2 Å². The summed E-state index contributed by atoms with van der Waals surface area (Å²) in [5, 5.41) is 2.82. The van der Waals surface area contributed by atoms with Crippen molar-refractivity contribution in [3.8, 4) is 5.88 Å². The number of rotatable bonds is 10. The molecule has 0 aliphatic heterocycles. The molecule has 0 spiro atoms. The average Bonchev–Trinajstić information content (AvgIpc) is 2.65. The Kier molecular flexibility index (Phi) is 8.18. The van der Waals surface area contributed by atoms with Gasteiger partial charge in [0.15, 0.2) is 5.78 Å². The molecule has 0 bridgehead atoms. The third kappa shape index (κ3) is 7.51. The van der Waals surface area contributed by atoms with Gasteiger partial charge >= 0.3 is 0 Å². The van der Waals surface area contributed by atoms with Crippen molar-refractivity contribution >= 4 is 11.7 Å². The number of nitrogens with one attached hydrogen (secondary N) is 1. The van der Waals surface area contributed by atoms with Crippen molar-refractivity contribution < 1.29 is 14.3 Å². The van der Waals surface area contributed by atoms with Gasteiger partial charge in [-0.15, -0.1) is 0 Å². The summed E-state index contributed by atoms with van der Waals surface area (Å²) in [6, 6.07) is 11.3. The van der Waals surface area contributed by atoms with Crippen LogP contribution in [-0.2, 0) is 17.8 Å². The first-order chi connectivity index (χ1) is 13.3. The third-order valence-corrected chi connectivity index (χ3v) is 4.14. The summed E-state index contributed by atoms with van der Waals surface area (Å²) in [6.07, 6.45) is 3.13. The average molecular weight is 383 g/mol. The number of hydrogen-bond donors (Lipinski definition) is 1. The van der Waals surface area contributed by atoms with Crippen LogP contribution in [0.2, 0.25) is 0 Å². The first-order valence-corrected chi connectivity index (χ1v) is 9.84. The quantitative estimate of drug-likeness (QED) is 0.621. The summed E-state index contributed by atoms with van der Waals surface area (Å²) in [4.78, 5) is 28.5. The Bertz CT molecular complexity index is 765. The van der Waals surface area contributed by atoms with Gasteiger partial charge in [0.1, 0.15) is 0 Å². The molecule has 2 aromatic rings. The lowest BCUT2D eigenvalue weighted by molar-refractivity contribution is -0.121. The molecule has 0 unspecified atom stereocenters. The highest BCUT2D eigenvalue weighted by Crippen LogP contribution is 2.12. The number of carbonyl (C=O) groups is 2. The van der Waals surface area contributed by atoms with E-state index in [1.807, 2.05) is 44.2 Å². The third-order valence-electron chi connectivity index (χ3n) is 4.14. The van der Waals surface area contributed by atoms with Crippen LogP contribution < -0.4 is 10.1 Å². The van der Waals surface area contributed by atoms with E-state index in [1.54, 1.807) is 12.3 Å². The molecular formula is C23H30N2O3. The molecule has 0 atom stereocenters.